The quantitative estimate of drug-likeness (QED) is 0.772. The molecular weight excluding hydrogens is 379 g/mol. The molecular formula is C19H19ClF3N3O. The third-order valence-electron chi connectivity index (χ3n) is 4.53. The van der Waals surface area contributed by atoms with Gasteiger partial charge in [0.15, 0.2) is 0 Å². The monoisotopic (exact) mass is 397 g/mol. The van der Waals surface area contributed by atoms with Crippen LogP contribution < -0.4 is 10.2 Å². The Kier molecular flexibility index (Phi) is 5.51. The number of amides is 2. The lowest BCUT2D eigenvalue weighted by Crippen LogP contribution is -2.50. The van der Waals surface area contributed by atoms with Gasteiger partial charge in [-0.25, -0.2) is 4.79 Å². The molecule has 0 atom stereocenters. The zero-order chi connectivity index (χ0) is 19.6. The Hall–Kier alpha value is -2.41. The summed E-state index contributed by atoms with van der Waals surface area (Å²) in [5, 5.41) is 3.23. The second-order valence-corrected chi connectivity index (χ2v) is 6.82. The molecule has 0 aromatic heterocycles. The van der Waals surface area contributed by atoms with E-state index < -0.39 is 17.8 Å². The van der Waals surface area contributed by atoms with Crippen LogP contribution in [0.25, 0.3) is 0 Å². The third kappa shape index (κ3) is 4.66. The molecule has 0 radical (unpaired) electrons. The number of benzene rings is 2. The fourth-order valence-corrected chi connectivity index (χ4v) is 3.10. The number of halogens is 4. The van der Waals surface area contributed by atoms with Crippen LogP contribution in [0, 0.1) is 6.92 Å². The molecule has 3 rings (SSSR count). The molecule has 1 N–H and O–H groups in total. The number of alkyl halides is 3. The number of rotatable bonds is 2. The standard InChI is InChI=1S/C19H19ClF3N3O/c1-13-5-6-16(12-17(13)20)25-7-9-26(10-8-25)18(27)24-15-4-2-3-14(11-15)19(21,22)23/h2-6,11-12H,7-10H2,1H3,(H,24,27). The Morgan fingerprint density at radius 1 is 1.07 bits per heavy atom. The van der Waals surface area contributed by atoms with Crippen molar-refractivity contribution in [3.8, 4) is 0 Å². The lowest BCUT2D eigenvalue weighted by Gasteiger charge is -2.36. The molecule has 0 spiro atoms. The van der Waals surface area contributed by atoms with Crippen molar-refractivity contribution in [1.29, 1.82) is 0 Å². The van der Waals surface area contributed by atoms with Crippen LogP contribution in [0.5, 0.6) is 0 Å². The summed E-state index contributed by atoms with van der Waals surface area (Å²) in [5.74, 6) is 0. The lowest BCUT2D eigenvalue weighted by molar-refractivity contribution is -0.137. The van der Waals surface area contributed by atoms with Crippen LogP contribution in [0.4, 0.5) is 29.3 Å². The van der Waals surface area contributed by atoms with Crippen molar-refractivity contribution in [3.63, 3.8) is 0 Å². The minimum Gasteiger partial charge on any atom is -0.368 e. The first-order valence-electron chi connectivity index (χ1n) is 8.48. The molecule has 27 heavy (non-hydrogen) atoms. The Morgan fingerprint density at radius 3 is 2.41 bits per heavy atom. The highest BCUT2D eigenvalue weighted by Gasteiger charge is 2.30. The number of hydrogen-bond acceptors (Lipinski definition) is 2. The van der Waals surface area contributed by atoms with Crippen molar-refractivity contribution >= 4 is 29.0 Å². The van der Waals surface area contributed by atoms with E-state index in [-0.39, 0.29) is 5.69 Å². The minimum absolute atomic E-state index is 0.127. The SMILES string of the molecule is Cc1ccc(N2CCN(C(=O)Nc3cccc(C(F)(F)F)c3)CC2)cc1Cl. The molecule has 0 aliphatic carbocycles. The molecule has 0 saturated carbocycles. The number of hydrogen-bond donors (Lipinski definition) is 1. The van der Waals surface area contributed by atoms with Crippen LogP contribution in [0.2, 0.25) is 5.02 Å². The summed E-state index contributed by atoms with van der Waals surface area (Å²) in [6.07, 6.45) is -4.44. The molecule has 2 aromatic rings. The molecule has 1 heterocycles. The first-order chi connectivity index (χ1) is 12.7. The fourth-order valence-electron chi connectivity index (χ4n) is 2.92. The third-order valence-corrected chi connectivity index (χ3v) is 4.94. The van der Waals surface area contributed by atoms with E-state index >= 15 is 0 Å². The molecule has 0 bridgehead atoms. The molecule has 4 nitrogen and oxygen atoms in total. The first-order valence-corrected chi connectivity index (χ1v) is 8.86. The van der Waals surface area contributed by atoms with E-state index in [0.29, 0.717) is 31.2 Å². The van der Waals surface area contributed by atoms with Crippen molar-refractivity contribution in [3.05, 3.63) is 58.6 Å². The largest absolute Gasteiger partial charge is 0.416 e. The van der Waals surface area contributed by atoms with E-state index in [1.165, 1.54) is 12.1 Å². The van der Waals surface area contributed by atoms with Gasteiger partial charge in [0, 0.05) is 42.6 Å². The number of nitrogens with one attached hydrogen (secondary N) is 1. The molecule has 1 fully saturated rings. The smallest absolute Gasteiger partial charge is 0.368 e. The Bertz CT molecular complexity index is 833. The van der Waals surface area contributed by atoms with E-state index in [1.807, 2.05) is 25.1 Å². The zero-order valence-electron chi connectivity index (χ0n) is 14.7. The van der Waals surface area contributed by atoms with Gasteiger partial charge in [0.05, 0.1) is 5.56 Å². The van der Waals surface area contributed by atoms with Gasteiger partial charge in [0.1, 0.15) is 0 Å². The molecule has 2 amide bonds. The van der Waals surface area contributed by atoms with Gasteiger partial charge in [-0.3, -0.25) is 0 Å². The maximum atomic E-state index is 12.8. The predicted molar refractivity (Wildman–Crippen MR) is 100 cm³/mol. The Balaban J connectivity index is 1.59. The summed E-state index contributed by atoms with van der Waals surface area (Å²) >= 11 is 6.17. The van der Waals surface area contributed by atoms with Gasteiger partial charge in [-0.05, 0) is 42.8 Å². The van der Waals surface area contributed by atoms with Crippen molar-refractivity contribution in [2.75, 3.05) is 36.4 Å². The normalized spacial score (nSPS) is 15.0. The van der Waals surface area contributed by atoms with Gasteiger partial charge in [-0.15, -0.1) is 0 Å². The number of carbonyl (C=O) groups is 1. The van der Waals surface area contributed by atoms with Crippen LogP contribution >= 0.6 is 11.6 Å². The second-order valence-electron chi connectivity index (χ2n) is 6.42. The second kappa shape index (κ2) is 7.68. The molecule has 1 aliphatic heterocycles. The van der Waals surface area contributed by atoms with Gasteiger partial charge in [-0.2, -0.15) is 13.2 Å². The number of anilines is 2. The number of nitrogens with zero attached hydrogens (tertiary/aromatic N) is 2. The number of urea groups is 1. The zero-order valence-corrected chi connectivity index (χ0v) is 15.4. The fraction of sp³-hybridized carbons (Fsp3) is 0.316. The average Bonchev–Trinajstić information content (AvgIpc) is 2.63. The van der Waals surface area contributed by atoms with Crippen molar-refractivity contribution in [2.45, 2.75) is 13.1 Å². The van der Waals surface area contributed by atoms with Crippen LogP contribution in [0.15, 0.2) is 42.5 Å². The van der Waals surface area contributed by atoms with Crippen LogP contribution in [0.1, 0.15) is 11.1 Å². The molecule has 1 saturated heterocycles. The number of carbonyl (C=O) groups excluding carboxylic acids is 1. The highest BCUT2D eigenvalue weighted by atomic mass is 35.5. The topological polar surface area (TPSA) is 35.6 Å². The summed E-state index contributed by atoms with van der Waals surface area (Å²) in [5.41, 5.74) is 1.33. The summed E-state index contributed by atoms with van der Waals surface area (Å²) < 4.78 is 38.3. The Labute approximate surface area is 160 Å². The average molecular weight is 398 g/mol. The maximum absolute atomic E-state index is 12.8. The van der Waals surface area contributed by atoms with E-state index in [9.17, 15) is 18.0 Å². The summed E-state index contributed by atoms with van der Waals surface area (Å²) in [6.45, 7) is 4.11. The van der Waals surface area contributed by atoms with Gasteiger partial charge in [0.2, 0.25) is 0 Å². The Morgan fingerprint density at radius 2 is 1.78 bits per heavy atom. The van der Waals surface area contributed by atoms with E-state index in [2.05, 4.69) is 10.2 Å². The van der Waals surface area contributed by atoms with Gasteiger partial charge < -0.3 is 15.1 Å². The number of aryl methyl sites for hydroxylation is 1. The molecule has 8 heteroatoms. The van der Waals surface area contributed by atoms with Crippen LogP contribution in [-0.2, 0) is 6.18 Å². The van der Waals surface area contributed by atoms with E-state index in [4.69, 9.17) is 11.6 Å². The minimum atomic E-state index is -4.44. The van der Waals surface area contributed by atoms with E-state index in [1.54, 1.807) is 4.90 Å². The number of piperazine rings is 1. The van der Waals surface area contributed by atoms with Crippen molar-refractivity contribution < 1.29 is 18.0 Å². The van der Waals surface area contributed by atoms with Crippen LogP contribution in [0.3, 0.4) is 0 Å². The van der Waals surface area contributed by atoms with Crippen LogP contribution in [-0.4, -0.2) is 37.1 Å². The molecule has 2 aromatic carbocycles. The maximum Gasteiger partial charge on any atom is 0.416 e. The highest BCUT2D eigenvalue weighted by molar-refractivity contribution is 6.31. The van der Waals surface area contributed by atoms with Gasteiger partial charge >= 0.3 is 12.2 Å². The van der Waals surface area contributed by atoms with E-state index in [0.717, 1.165) is 23.4 Å². The lowest BCUT2D eigenvalue weighted by atomic mass is 10.2. The van der Waals surface area contributed by atoms with Gasteiger partial charge in [-0.1, -0.05) is 23.7 Å². The van der Waals surface area contributed by atoms with Gasteiger partial charge in [0.25, 0.3) is 0 Å². The molecule has 0 unspecified atom stereocenters. The first kappa shape index (κ1) is 19.4. The summed E-state index contributed by atoms with van der Waals surface area (Å²) in [7, 11) is 0. The van der Waals surface area contributed by atoms with Crippen molar-refractivity contribution in [1.82, 2.24) is 4.90 Å². The summed E-state index contributed by atoms with van der Waals surface area (Å²) in [4.78, 5) is 16.1. The predicted octanol–water partition coefficient (Wildman–Crippen LogP) is 5.02. The van der Waals surface area contributed by atoms with Crippen molar-refractivity contribution in [2.24, 2.45) is 0 Å². The molecule has 1 aliphatic rings. The molecule has 144 valence electrons. The highest BCUT2D eigenvalue weighted by Crippen LogP contribution is 2.30. The summed E-state index contributed by atoms with van der Waals surface area (Å²) in [6, 6.07) is 10.0.